The molecule has 0 aliphatic heterocycles. The van der Waals surface area contributed by atoms with Gasteiger partial charge < -0.3 is 0 Å². The van der Waals surface area contributed by atoms with Crippen molar-refractivity contribution >= 4 is 0 Å². The average Bonchev–Trinajstić information content (AvgIpc) is 2.56. The van der Waals surface area contributed by atoms with Crippen LogP contribution in [-0.4, -0.2) is 0 Å². The fraction of sp³-hybridized carbons (Fsp3) is 0.714. The molecule has 23 heavy (non-hydrogen) atoms. The summed E-state index contributed by atoms with van der Waals surface area (Å²) in [5, 5.41) is 0. The summed E-state index contributed by atoms with van der Waals surface area (Å²) in [5.41, 5.74) is 1.55. The first-order chi connectivity index (χ1) is 10.3. The summed E-state index contributed by atoms with van der Waals surface area (Å²) in [4.78, 5) is 0. The molecule has 0 bridgehead atoms. The molecule has 2 aliphatic rings. The number of hydrogen-bond donors (Lipinski definition) is 0. The van der Waals surface area contributed by atoms with Crippen molar-refractivity contribution in [3.63, 3.8) is 0 Å². The summed E-state index contributed by atoms with van der Waals surface area (Å²) in [6.45, 7) is 2.43. The van der Waals surface area contributed by atoms with E-state index in [1.54, 1.807) is 5.56 Å². The van der Waals surface area contributed by atoms with Gasteiger partial charge in [-0.3, -0.25) is 0 Å². The van der Waals surface area contributed by atoms with E-state index in [1.165, 1.54) is 64.2 Å². The van der Waals surface area contributed by atoms with Crippen molar-refractivity contribution in [2.24, 2.45) is 17.8 Å². The molecule has 1 aromatic rings. The van der Waals surface area contributed by atoms with Crippen LogP contribution in [0, 0.1) is 23.8 Å². The van der Waals surface area contributed by atoms with Crippen LogP contribution in [0.25, 0.3) is 0 Å². The van der Waals surface area contributed by atoms with Gasteiger partial charge in [-0.25, -0.2) is 0 Å². The van der Waals surface area contributed by atoms with Crippen LogP contribution >= 0.6 is 0 Å². The van der Waals surface area contributed by atoms with Crippen molar-refractivity contribution in [3.8, 4) is 0 Å². The first-order valence-corrected chi connectivity index (χ1v) is 9.27. The third kappa shape index (κ3) is 7.28. The Morgan fingerprint density at radius 1 is 0.783 bits per heavy atom. The van der Waals surface area contributed by atoms with Crippen LogP contribution < -0.4 is 0 Å². The molecule has 2 saturated carbocycles. The second-order valence-corrected chi connectivity index (χ2v) is 7.75. The van der Waals surface area contributed by atoms with E-state index in [4.69, 9.17) is 0 Å². The van der Waals surface area contributed by atoms with Crippen LogP contribution in [-0.2, 0) is 65.4 Å². The summed E-state index contributed by atoms with van der Waals surface area (Å²) < 4.78 is 0. The van der Waals surface area contributed by atoms with Crippen LogP contribution in [0.3, 0.4) is 0 Å². The largest absolute Gasteiger partial charge is 0.184 e. The molecule has 0 saturated heterocycles. The summed E-state index contributed by atoms with van der Waals surface area (Å²) in [6.07, 6.45) is 14.8. The van der Waals surface area contributed by atoms with Gasteiger partial charge in [0.2, 0.25) is 0 Å². The van der Waals surface area contributed by atoms with Crippen LogP contribution in [0.15, 0.2) is 24.3 Å². The molecule has 0 aromatic heterocycles. The maximum absolute atomic E-state index is 3.14. The molecule has 0 unspecified atom stereocenters. The molecule has 0 amide bonds. The Morgan fingerprint density at radius 3 is 1.78 bits per heavy atom. The fourth-order valence-corrected chi connectivity index (χ4v) is 4.55. The summed E-state index contributed by atoms with van der Waals surface area (Å²) in [7, 11) is 0. The third-order valence-electron chi connectivity index (χ3n) is 6.18. The Kier molecular flexibility index (Phi) is 11.7. The van der Waals surface area contributed by atoms with Crippen molar-refractivity contribution in [1.82, 2.24) is 0 Å². The molecular weight excluding hydrogens is 430 g/mol. The van der Waals surface area contributed by atoms with E-state index in [2.05, 4.69) is 37.3 Å². The smallest absolute Gasteiger partial charge is 0 e. The molecule has 2 aliphatic carbocycles. The van der Waals surface area contributed by atoms with E-state index in [0.717, 1.165) is 23.7 Å². The fourth-order valence-electron chi connectivity index (χ4n) is 4.55. The molecule has 0 nitrogen and oxygen atoms in total. The number of benzene rings is 1. The Labute approximate surface area is 194 Å². The number of rotatable bonds is 4. The van der Waals surface area contributed by atoms with E-state index in [1.807, 2.05) is 0 Å². The van der Waals surface area contributed by atoms with Gasteiger partial charge in [0.05, 0.1) is 0 Å². The SMILES string of the molecule is CC1CCC(CCC2CCC(c3cc[c-]cc3)CC2)CC1.[Y].[Y]. The van der Waals surface area contributed by atoms with Crippen LogP contribution in [0.2, 0.25) is 0 Å². The second kappa shape index (κ2) is 11.9. The Hall–Kier alpha value is 1.43. The molecule has 0 N–H and O–H groups in total. The minimum absolute atomic E-state index is 0. The minimum atomic E-state index is 0. The van der Waals surface area contributed by atoms with Gasteiger partial charge in [-0.1, -0.05) is 45.4 Å². The summed E-state index contributed by atoms with van der Waals surface area (Å²) in [6, 6.07) is 11.8. The predicted octanol–water partition coefficient (Wildman–Crippen LogP) is 6.36. The first-order valence-electron chi connectivity index (χ1n) is 9.27. The molecule has 0 heterocycles. The standard InChI is InChI=1S/C21H31.2Y/c1-17-7-9-18(10-8-17)11-12-19-13-15-21(16-14-19)20-5-3-2-4-6-20;;/h3-6,17-19,21H,7-16H2,1H3;;/q-1;;. The minimum Gasteiger partial charge on any atom is -0.184 e. The molecule has 2 fully saturated rings. The van der Waals surface area contributed by atoms with Gasteiger partial charge in [0.25, 0.3) is 0 Å². The zero-order valence-electron chi connectivity index (χ0n) is 14.8. The van der Waals surface area contributed by atoms with Crippen LogP contribution in [0.4, 0.5) is 0 Å². The normalized spacial score (nSPS) is 30.8. The van der Waals surface area contributed by atoms with E-state index in [0.29, 0.717) is 0 Å². The topological polar surface area (TPSA) is 0 Å². The van der Waals surface area contributed by atoms with E-state index in [-0.39, 0.29) is 65.4 Å². The summed E-state index contributed by atoms with van der Waals surface area (Å²) in [5.74, 6) is 3.91. The maximum Gasteiger partial charge on any atom is 0 e. The Balaban J connectivity index is 0.00000132. The van der Waals surface area contributed by atoms with Gasteiger partial charge in [0, 0.05) is 65.4 Å². The van der Waals surface area contributed by atoms with Crippen molar-refractivity contribution in [2.45, 2.75) is 77.0 Å². The molecule has 2 heteroatoms. The predicted molar refractivity (Wildman–Crippen MR) is 90.3 cm³/mol. The molecule has 0 spiro atoms. The Morgan fingerprint density at radius 2 is 1.26 bits per heavy atom. The van der Waals surface area contributed by atoms with Gasteiger partial charge >= 0.3 is 0 Å². The van der Waals surface area contributed by atoms with Crippen molar-refractivity contribution in [2.75, 3.05) is 0 Å². The quantitative estimate of drug-likeness (QED) is 0.458. The summed E-state index contributed by atoms with van der Waals surface area (Å²) >= 11 is 0. The van der Waals surface area contributed by atoms with Crippen LogP contribution in [0.5, 0.6) is 0 Å². The molecule has 2 radical (unpaired) electrons. The maximum atomic E-state index is 3.14. The molecule has 122 valence electrons. The zero-order chi connectivity index (χ0) is 14.5. The van der Waals surface area contributed by atoms with Gasteiger partial charge in [-0.05, 0) is 49.4 Å². The first kappa shape index (κ1) is 22.5. The Bertz CT molecular complexity index is 401. The van der Waals surface area contributed by atoms with Crippen molar-refractivity contribution in [3.05, 3.63) is 35.9 Å². The monoisotopic (exact) mass is 461 g/mol. The van der Waals surface area contributed by atoms with E-state index < -0.39 is 0 Å². The molecule has 3 rings (SSSR count). The van der Waals surface area contributed by atoms with E-state index >= 15 is 0 Å². The third-order valence-corrected chi connectivity index (χ3v) is 6.18. The van der Waals surface area contributed by atoms with E-state index in [9.17, 15) is 0 Å². The number of hydrogen-bond acceptors (Lipinski definition) is 0. The van der Waals surface area contributed by atoms with Crippen molar-refractivity contribution < 1.29 is 65.4 Å². The van der Waals surface area contributed by atoms with Gasteiger partial charge in [0.1, 0.15) is 0 Å². The molecule has 0 atom stereocenters. The average molecular weight is 461 g/mol. The van der Waals surface area contributed by atoms with Crippen molar-refractivity contribution in [1.29, 1.82) is 0 Å². The van der Waals surface area contributed by atoms with Gasteiger partial charge in [0.15, 0.2) is 0 Å². The second-order valence-electron chi connectivity index (χ2n) is 7.75. The zero-order valence-corrected chi connectivity index (χ0v) is 20.5. The van der Waals surface area contributed by atoms with Gasteiger partial charge in [-0.15, -0.1) is 0 Å². The molecule has 1 aromatic carbocycles. The van der Waals surface area contributed by atoms with Gasteiger partial charge in [-0.2, -0.15) is 35.9 Å². The van der Waals surface area contributed by atoms with Crippen LogP contribution in [0.1, 0.15) is 82.6 Å². The molecular formula is C21H31Y2-.